The molecular formula is C19H27N3O. The summed E-state index contributed by atoms with van der Waals surface area (Å²) in [6.45, 7) is 4.71. The summed E-state index contributed by atoms with van der Waals surface area (Å²) in [4.78, 5) is 19.3. The van der Waals surface area contributed by atoms with Gasteiger partial charge in [-0.3, -0.25) is 4.79 Å². The molecule has 1 fully saturated rings. The number of carbonyl (C=O) groups is 1. The van der Waals surface area contributed by atoms with Crippen LogP contribution in [0.3, 0.4) is 0 Å². The lowest BCUT2D eigenvalue weighted by Gasteiger charge is -2.38. The van der Waals surface area contributed by atoms with E-state index < -0.39 is 0 Å². The van der Waals surface area contributed by atoms with Crippen LogP contribution in [0.1, 0.15) is 18.4 Å². The van der Waals surface area contributed by atoms with Gasteiger partial charge in [0.25, 0.3) is 0 Å². The zero-order valence-corrected chi connectivity index (χ0v) is 14.2. The summed E-state index contributed by atoms with van der Waals surface area (Å²) in [6, 6.07) is 10.8. The number of benzene rings is 1. The van der Waals surface area contributed by atoms with Crippen molar-refractivity contribution < 1.29 is 4.79 Å². The Morgan fingerprint density at radius 1 is 1.13 bits per heavy atom. The normalized spacial score (nSPS) is 23.7. The molecule has 0 bridgehead atoms. The van der Waals surface area contributed by atoms with Crippen LogP contribution in [0.15, 0.2) is 36.4 Å². The minimum Gasteiger partial charge on any atom is -0.339 e. The Morgan fingerprint density at radius 3 is 2.61 bits per heavy atom. The van der Waals surface area contributed by atoms with Crippen molar-refractivity contribution in [3.8, 4) is 0 Å². The second-order valence-electron chi connectivity index (χ2n) is 6.79. The highest BCUT2D eigenvalue weighted by Crippen LogP contribution is 2.23. The van der Waals surface area contributed by atoms with E-state index in [1.807, 2.05) is 11.0 Å². The average Bonchev–Trinajstić information content (AvgIpc) is 2.59. The van der Waals surface area contributed by atoms with E-state index in [2.05, 4.69) is 54.2 Å². The molecule has 1 aromatic carbocycles. The molecule has 2 aliphatic heterocycles. The van der Waals surface area contributed by atoms with Crippen LogP contribution in [0, 0.1) is 0 Å². The van der Waals surface area contributed by atoms with Gasteiger partial charge in [0.05, 0.1) is 0 Å². The molecule has 23 heavy (non-hydrogen) atoms. The van der Waals surface area contributed by atoms with Gasteiger partial charge in [-0.15, -0.1) is 0 Å². The van der Waals surface area contributed by atoms with E-state index in [0.29, 0.717) is 18.4 Å². The smallest absolute Gasteiger partial charge is 0.224 e. The minimum absolute atomic E-state index is 0.292. The van der Waals surface area contributed by atoms with Crippen LogP contribution in [-0.4, -0.2) is 73.5 Å². The Morgan fingerprint density at radius 2 is 1.91 bits per heavy atom. The zero-order valence-electron chi connectivity index (χ0n) is 14.2. The molecule has 0 saturated carbocycles. The van der Waals surface area contributed by atoms with Gasteiger partial charge >= 0.3 is 0 Å². The fraction of sp³-hybridized carbons (Fsp3) is 0.526. The van der Waals surface area contributed by atoms with Gasteiger partial charge in [-0.05, 0) is 31.7 Å². The average molecular weight is 313 g/mol. The summed E-state index contributed by atoms with van der Waals surface area (Å²) in [6.07, 6.45) is 3.80. The molecule has 124 valence electrons. The summed E-state index contributed by atoms with van der Waals surface area (Å²) in [5, 5.41) is 0. The van der Waals surface area contributed by atoms with Gasteiger partial charge in [-0.2, -0.15) is 0 Å². The van der Waals surface area contributed by atoms with Crippen LogP contribution < -0.4 is 0 Å². The van der Waals surface area contributed by atoms with Crippen molar-refractivity contribution in [3.05, 3.63) is 42.0 Å². The van der Waals surface area contributed by atoms with E-state index >= 15 is 0 Å². The predicted molar refractivity (Wildman–Crippen MR) is 94.1 cm³/mol. The molecule has 4 nitrogen and oxygen atoms in total. The molecule has 0 radical (unpaired) electrons. The molecule has 0 aliphatic carbocycles. The van der Waals surface area contributed by atoms with E-state index in [0.717, 1.165) is 39.1 Å². The number of carbonyl (C=O) groups excluding carboxylic acids is 1. The molecule has 1 aromatic rings. The minimum atomic E-state index is 0.292. The van der Waals surface area contributed by atoms with E-state index in [-0.39, 0.29) is 0 Å². The largest absolute Gasteiger partial charge is 0.339 e. The molecule has 0 aromatic heterocycles. The Bertz CT molecular complexity index is 569. The van der Waals surface area contributed by atoms with Gasteiger partial charge in [0.15, 0.2) is 0 Å². The maximum atomic E-state index is 12.6. The summed E-state index contributed by atoms with van der Waals surface area (Å²) in [5.41, 5.74) is 2.65. The maximum Gasteiger partial charge on any atom is 0.224 e. The molecule has 1 atom stereocenters. The van der Waals surface area contributed by atoms with Gasteiger partial charge in [-0.25, -0.2) is 0 Å². The fourth-order valence-corrected chi connectivity index (χ4v) is 3.46. The van der Waals surface area contributed by atoms with Crippen LogP contribution in [0.5, 0.6) is 0 Å². The molecule has 2 aliphatic rings. The Hall–Kier alpha value is -1.65. The number of rotatable bonds is 3. The summed E-state index contributed by atoms with van der Waals surface area (Å²) in [7, 11) is 4.27. The second kappa shape index (κ2) is 7.28. The Kier molecular flexibility index (Phi) is 5.13. The summed E-state index contributed by atoms with van der Waals surface area (Å²) >= 11 is 0. The second-order valence-corrected chi connectivity index (χ2v) is 6.79. The molecule has 3 rings (SSSR count). The first-order valence-electron chi connectivity index (χ1n) is 8.54. The van der Waals surface area contributed by atoms with Crippen LogP contribution >= 0.6 is 0 Å². The summed E-state index contributed by atoms with van der Waals surface area (Å²) < 4.78 is 0. The van der Waals surface area contributed by atoms with Gasteiger partial charge in [0, 0.05) is 45.2 Å². The van der Waals surface area contributed by atoms with Crippen molar-refractivity contribution in [1.29, 1.82) is 0 Å². The molecule has 1 amide bonds. The number of amides is 1. The molecule has 4 heteroatoms. The Balaban J connectivity index is 1.57. The standard InChI is InChI=1S/C19H27N3O/c1-20-12-13-21(2)18(15-20)14-19(23)22-10-8-17(9-11-22)16-6-4-3-5-7-16/h3-8,18H,9-15H2,1-2H3/t18-/m1/s1. The first-order chi connectivity index (χ1) is 11.1. The molecule has 1 saturated heterocycles. The van der Waals surface area contributed by atoms with E-state index in [1.165, 1.54) is 11.1 Å². The van der Waals surface area contributed by atoms with Gasteiger partial charge < -0.3 is 14.7 Å². The van der Waals surface area contributed by atoms with Gasteiger partial charge in [-0.1, -0.05) is 36.4 Å². The van der Waals surface area contributed by atoms with E-state index in [4.69, 9.17) is 0 Å². The molecule has 0 spiro atoms. The number of hydrogen-bond acceptors (Lipinski definition) is 3. The van der Waals surface area contributed by atoms with E-state index in [9.17, 15) is 4.79 Å². The van der Waals surface area contributed by atoms with E-state index in [1.54, 1.807) is 0 Å². The van der Waals surface area contributed by atoms with Crippen LogP contribution in [0.2, 0.25) is 0 Å². The first kappa shape index (κ1) is 16.2. The van der Waals surface area contributed by atoms with Crippen molar-refractivity contribution in [2.24, 2.45) is 0 Å². The highest BCUT2D eigenvalue weighted by atomic mass is 16.2. The third kappa shape index (κ3) is 4.01. The number of likely N-dealkylation sites (N-methyl/N-ethyl adjacent to an activating group) is 2. The predicted octanol–water partition coefficient (Wildman–Crippen LogP) is 1.94. The van der Waals surface area contributed by atoms with Gasteiger partial charge in [0.1, 0.15) is 0 Å². The number of nitrogens with zero attached hydrogens (tertiary/aromatic N) is 3. The molecule has 0 N–H and O–H groups in total. The van der Waals surface area contributed by atoms with Crippen LogP contribution in [0.4, 0.5) is 0 Å². The lowest BCUT2D eigenvalue weighted by Crippen LogP contribution is -2.52. The van der Waals surface area contributed by atoms with Crippen molar-refractivity contribution in [2.45, 2.75) is 18.9 Å². The highest BCUT2D eigenvalue weighted by Gasteiger charge is 2.27. The first-order valence-corrected chi connectivity index (χ1v) is 8.54. The third-order valence-electron chi connectivity index (χ3n) is 5.10. The zero-order chi connectivity index (χ0) is 16.2. The lowest BCUT2D eigenvalue weighted by atomic mass is 9.99. The van der Waals surface area contributed by atoms with Crippen molar-refractivity contribution >= 4 is 11.5 Å². The monoisotopic (exact) mass is 313 g/mol. The molecular weight excluding hydrogens is 286 g/mol. The summed E-state index contributed by atoms with van der Waals surface area (Å²) in [5.74, 6) is 0.292. The molecule has 2 heterocycles. The number of piperazine rings is 1. The lowest BCUT2D eigenvalue weighted by molar-refractivity contribution is -0.132. The maximum absolute atomic E-state index is 12.6. The molecule has 0 unspecified atom stereocenters. The van der Waals surface area contributed by atoms with Crippen LogP contribution in [0.25, 0.3) is 5.57 Å². The van der Waals surface area contributed by atoms with Crippen molar-refractivity contribution in [2.75, 3.05) is 46.8 Å². The third-order valence-corrected chi connectivity index (χ3v) is 5.10. The SMILES string of the molecule is CN1CCN(C)[C@H](CC(=O)N2CC=C(c3ccccc3)CC2)C1. The fourth-order valence-electron chi connectivity index (χ4n) is 3.46. The highest BCUT2D eigenvalue weighted by molar-refractivity contribution is 5.79. The van der Waals surface area contributed by atoms with Crippen molar-refractivity contribution in [3.63, 3.8) is 0 Å². The number of hydrogen-bond donors (Lipinski definition) is 0. The Labute approximate surface area is 139 Å². The van der Waals surface area contributed by atoms with Crippen molar-refractivity contribution in [1.82, 2.24) is 14.7 Å². The van der Waals surface area contributed by atoms with Gasteiger partial charge in [0.2, 0.25) is 5.91 Å². The quantitative estimate of drug-likeness (QED) is 0.853. The van der Waals surface area contributed by atoms with Crippen LogP contribution in [-0.2, 0) is 4.79 Å². The topological polar surface area (TPSA) is 26.8 Å².